The Morgan fingerprint density at radius 1 is 1.13 bits per heavy atom. The zero-order chi connectivity index (χ0) is 22.6. The molecule has 0 saturated carbocycles. The number of benzene rings is 2. The van der Waals surface area contributed by atoms with Gasteiger partial charge in [-0.25, -0.2) is 8.42 Å². The molecule has 0 aliphatic heterocycles. The minimum atomic E-state index is -3.93. The average Bonchev–Trinajstić information content (AvgIpc) is 3.23. The monoisotopic (exact) mass is 482 g/mol. The molecule has 0 bridgehead atoms. The Balaban J connectivity index is 1.74. The Kier molecular flexibility index (Phi) is 7.11. The van der Waals surface area contributed by atoms with Gasteiger partial charge >= 0.3 is 0 Å². The van der Waals surface area contributed by atoms with E-state index in [1.165, 1.54) is 21.3 Å². The molecule has 12 heteroatoms. The van der Waals surface area contributed by atoms with Crippen LogP contribution in [0.2, 0.25) is 5.02 Å². The summed E-state index contributed by atoms with van der Waals surface area (Å²) in [5.41, 5.74) is 0.940. The Hall–Kier alpha value is -2.73. The van der Waals surface area contributed by atoms with E-state index >= 15 is 0 Å². The highest BCUT2D eigenvalue weighted by molar-refractivity contribution is 7.91. The van der Waals surface area contributed by atoms with Gasteiger partial charge in [-0.15, -0.1) is 10.2 Å². The van der Waals surface area contributed by atoms with Gasteiger partial charge in [0.15, 0.2) is 11.5 Å². The Morgan fingerprint density at radius 2 is 1.84 bits per heavy atom. The molecular formula is C19H19ClN4O5S2. The summed E-state index contributed by atoms with van der Waals surface area (Å²) < 4.78 is 37.1. The molecule has 31 heavy (non-hydrogen) atoms. The number of ether oxygens (including phenoxy) is 2. The summed E-state index contributed by atoms with van der Waals surface area (Å²) in [4.78, 5) is 12.3. The van der Waals surface area contributed by atoms with E-state index in [9.17, 15) is 13.2 Å². The number of anilines is 1. The summed E-state index contributed by atoms with van der Waals surface area (Å²) in [6.45, 7) is 0.0730. The number of nitrogens with one attached hydrogen (secondary N) is 1. The maximum absolute atomic E-state index is 12.9. The van der Waals surface area contributed by atoms with E-state index in [-0.39, 0.29) is 26.6 Å². The first-order valence-electron chi connectivity index (χ1n) is 8.83. The predicted octanol–water partition coefficient (Wildman–Crippen LogP) is 3.28. The number of hydrogen-bond acceptors (Lipinski definition) is 8. The van der Waals surface area contributed by atoms with Crippen LogP contribution < -0.4 is 14.8 Å². The van der Waals surface area contributed by atoms with Crippen molar-refractivity contribution in [1.29, 1.82) is 0 Å². The van der Waals surface area contributed by atoms with Crippen LogP contribution in [0.15, 0.2) is 46.8 Å². The third-order valence-electron chi connectivity index (χ3n) is 4.23. The number of sulfonamides is 1. The van der Waals surface area contributed by atoms with E-state index in [1.54, 1.807) is 42.5 Å². The van der Waals surface area contributed by atoms with Gasteiger partial charge in [-0.2, -0.15) is 4.31 Å². The summed E-state index contributed by atoms with van der Waals surface area (Å²) in [6.07, 6.45) is 0. The van der Waals surface area contributed by atoms with Crippen molar-refractivity contribution in [3.05, 3.63) is 58.6 Å². The molecular weight excluding hydrogens is 464 g/mol. The number of nitrogens with zero attached hydrogens (tertiary/aromatic N) is 3. The second-order valence-electron chi connectivity index (χ2n) is 6.26. The molecule has 3 rings (SSSR count). The number of methoxy groups -OCH3 is 2. The van der Waals surface area contributed by atoms with Crippen molar-refractivity contribution in [3.63, 3.8) is 0 Å². The molecule has 164 valence electrons. The van der Waals surface area contributed by atoms with Crippen molar-refractivity contribution < 1.29 is 22.7 Å². The van der Waals surface area contributed by atoms with E-state index in [2.05, 4.69) is 15.5 Å². The number of carbonyl (C=O) groups is 1. The number of halogens is 1. The SMILES string of the molecule is COc1ccc(CN(C)S(=O)(=O)c2nnc(NC(=O)c3ccccc3Cl)s2)cc1OC. The molecule has 1 heterocycles. The molecule has 0 atom stereocenters. The van der Waals surface area contributed by atoms with E-state index in [0.29, 0.717) is 17.1 Å². The van der Waals surface area contributed by atoms with Crippen molar-refractivity contribution in [2.75, 3.05) is 26.6 Å². The third kappa shape index (κ3) is 5.13. The molecule has 1 amide bonds. The number of aromatic nitrogens is 2. The number of amides is 1. The van der Waals surface area contributed by atoms with Gasteiger partial charge in [0.2, 0.25) is 9.47 Å². The second-order valence-corrected chi connectivity index (χ2v) is 9.86. The fourth-order valence-electron chi connectivity index (χ4n) is 2.63. The van der Waals surface area contributed by atoms with E-state index in [1.807, 2.05) is 0 Å². The highest BCUT2D eigenvalue weighted by Gasteiger charge is 2.27. The van der Waals surface area contributed by atoms with Crippen LogP contribution >= 0.6 is 22.9 Å². The summed E-state index contributed by atoms with van der Waals surface area (Å²) in [7, 11) is 0.516. The lowest BCUT2D eigenvalue weighted by molar-refractivity contribution is 0.102. The van der Waals surface area contributed by atoms with Crippen LogP contribution in [0.25, 0.3) is 0 Å². The Morgan fingerprint density at radius 3 is 2.52 bits per heavy atom. The standard InChI is InChI=1S/C19H19ClN4O5S2/c1-24(11-12-8-9-15(28-2)16(10-12)29-3)31(26,27)19-23-22-18(30-19)21-17(25)13-6-4-5-7-14(13)20/h4-10H,11H2,1-3H3,(H,21,22,25). The van der Waals surface area contributed by atoms with Crippen LogP contribution in [0.3, 0.4) is 0 Å². The highest BCUT2D eigenvalue weighted by Crippen LogP contribution is 2.29. The van der Waals surface area contributed by atoms with Gasteiger partial charge in [-0.3, -0.25) is 10.1 Å². The normalized spacial score (nSPS) is 11.4. The van der Waals surface area contributed by atoms with Crippen LogP contribution in [0.5, 0.6) is 11.5 Å². The molecule has 0 fully saturated rings. The van der Waals surface area contributed by atoms with Crippen LogP contribution in [-0.4, -0.2) is 50.1 Å². The molecule has 0 saturated heterocycles. The zero-order valence-corrected chi connectivity index (χ0v) is 19.2. The van der Waals surface area contributed by atoms with Gasteiger partial charge in [-0.05, 0) is 29.8 Å². The summed E-state index contributed by atoms with van der Waals surface area (Å²) in [5.74, 6) is 0.524. The minimum Gasteiger partial charge on any atom is -0.493 e. The van der Waals surface area contributed by atoms with E-state index in [0.717, 1.165) is 15.6 Å². The molecule has 0 spiro atoms. The third-order valence-corrected chi connectivity index (χ3v) is 7.55. The molecule has 0 aliphatic carbocycles. The largest absolute Gasteiger partial charge is 0.493 e. The molecule has 2 aromatic carbocycles. The summed E-state index contributed by atoms with van der Waals surface area (Å²) in [5, 5.41) is 10.3. The lowest BCUT2D eigenvalue weighted by atomic mass is 10.2. The zero-order valence-electron chi connectivity index (χ0n) is 16.8. The lowest BCUT2D eigenvalue weighted by Gasteiger charge is -2.16. The van der Waals surface area contributed by atoms with E-state index in [4.69, 9.17) is 21.1 Å². The van der Waals surface area contributed by atoms with E-state index < -0.39 is 15.9 Å². The molecule has 1 N–H and O–H groups in total. The van der Waals surface area contributed by atoms with Crippen LogP contribution in [0, 0.1) is 0 Å². The summed E-state index contributed by atoms with van der Waals surface area (Å²) in [6, 6.07) is 11.6. The van der Waals surface area contributed by atoms with Crippen LogP contribution in [-0.2, 0) is 16.6 Å². The minimum absolute atomic E-state index is 0.0445. The maximum Gasteiger partial charge on any atom is 0.272 e. The van der Waals surface area contributed by atoms with Gasteiger partial charge in [-0.1, -0.05) is 41.1 Å². The first kappa shape index (κ1) is 22.9. The lowest BCUT2D eigenvalue weighted by Crippen LogP contribution is -2.26. The molecule has 0 unspecified atom stereocenters. The molecule has 0 aliphatic rings. The van der Waals surface area contributed by atoms with Crippen molar-refractivity contribution >= 4 is 44.0 Å². The summed E-state index contributed by atoms with van der Waals surface area (Å²) >= 11 is 6.76. The van der Waals surface area contributed by atoms with Crippen molar-refractivity contribution in [2.24, 2.45) is 0 Å². The first-order chi connectivity index (χ1) is 14.8. The van der Waals surface area contributed by atoms with Crippen molar-refractivity contribution in [3.8, 4) is 11.5 Å². The Bertz CT molecular complexity index is 1200. The fraction of sp³-hybridized carbons (Fsp3) is 0.211. The maximum atomic E-state index is 12.9. The van der Waals surface area contributed by atoms with Gasteiger partial charge in [0.25, 0.3) is 15.9 Å². The molecule has 1 aromatic heterocycles. The average molecular weight is 483 g/mol. The fourth-order valence-corrected chi connectivity index (χ4v) is 5.09. The molecule has 9 nitrogen and oxygen atoms in total. The quantitative estimate of drug-likeness (QED) is 0.490. The van der Waals surface area contributed by atoms with Gasteiger partial charge in [0.05, 0.1) is 24.8 Å². The molecule has 3 aromatic rings. The van der Waals surface area contributed by atoms with Crippen molar-refractivity contribution in [2.45, 2.75) is 10.9 Å². The van der Waals surface area contributed by atoms with Gasteiger partial charge in [0, 0.05) is 13.6 Å². The van der Waals surface area contributed by atoms with Crippen molar-refractivity contribution in [1.82, 2.24) is 14.5 Å². The Labute approximate surface area is 188 Å². The van der Waals surface area contributed by atoms with Crippen LogP contribution in [0.1, 0.15) is 15.9 Å². The first-order valence-corrected chi connectivity index (χ1v) is 11.5. The van der Waals surface area contributed by atoms with Gasteiger partial charge in [0.1, 0.15) is 0 Å². The number of carbonyl (C=O) groups excluding carboxylic acids is 1. The smallest absolute Gasteiger partial charge is 0.272 e. The second kappa shape index (κ2) is 9.60. The number of hydrogen-bond donors (Lipinski definition) is 1. The topological polar surface area (TPSA) is 111 Å². The predicted molar refractivity (Wildman–Crippen MR) is 118 cm³/mol. The van der Waals surface area contributed by atoms with Crippen LogP contribution in [0.4, 0.5) is 5.13 Å². The number of rotatable bonds is 8. The molecule has 0 radical (unpaired) electrons. The highest BCUT2D eigenvalue weighted by atomic mass is 35.5. The van der Waals surface area contributed by atoms with Gasteiger partial charge < -0.3 is 9.47 Å².